The number of methoxy groups -OCH3 is 2. The van der Waals surface area contributed by atoms with Crippen LogP contribution in [-0.4, -0.2) is 56.2 Å². The average molecular weight is 801 g/mol. The van der Waals surface area contributed by atoms with Crippen molar-refractivity contribution in [2.75, 3.05) is 30.2 Å². The lowest BCUT2D eigenvalue weighted by atomic mass is 10.1. The molecule has 0 spiro atoms. The Labute approximate surface area is 323 Å². The fourth-order valence-corrected chi connectivity index (χ4v) is 6.56. The van der Waals surface area contributed by atoms with Gasteiger partial charge in [0, 0.05) is 23.5 Å². The summed E-state index contributed by atoms with van der Waals surface area (Å²) >= 11 is 29.5. The monoisotopic (exact) mass is 798 g/mol. The van der Waals surface area contributed by atoms with Crippen LogP contribution in [0.5, 0.6) is 11.5 Å². The van der Waals surface area contributed by atoms with Gasteiger partial charge in [0.2, 0.25) is 33.7 Å². The Morgan fingerprint density at radius 3 is 1.41 bits per heavy atom. The zero-order valence-electron chi connectivity index (χ0n) is 28.6. The lowest BCUT2D eigenvalue weighted by Crippen LogP contribution is -2.20. The van der Waals surface area contributed by atoms with Gasteiger partial charge < -0.3 is 31.2 Å². The summed E-state index contributed by atoms with van der Waals surface area (Å²) in [6.07, 6.45) is 15.4. The van der Waals surface area contributed by atoms with E-state index in [9.17, 15) is 0 Å². The van der Waals surface area contributed by atoms with Gasteiger partial charge >= 0.3 is 0 Å². The highest BCUT2D eigenvalue weighted by Gasteiger charge is 2.15. The first-order chi connectivity index (χ1) is 24.6. The minimum absolute atomic E-state index is 0.0112. The second-order valence-corrected chi connectivity index (χ2v) is 13.8. The molecule has 4 aromatic rings. The SMILES string of the molecule is COc1ccc(Nc2nc(Cl)nc(Cl)n2)cc1Cl.COc1ccc(Nc2nc(Cl)nc(NC3CCCCCC3)n2)cc1Cl.NC1CCCCCC1. The maximum absolute atomic E-state index is 6.15. The predicted molar refractivity (Wildman–Crippen MR) is 208 cm³/mol. The van der Waals surface area contributed by atoms with Crippen LogP contribution < -0.4 is 31.2 Å². The number of hydrogen-bond donors (Lipinski definition) is 4. The van der Waals surface area contributed by atoms with Crippen molar-refractivity contribution in [3.63, 3.8) is 0 Å². The molecule has 6 rings (SSSR count). The molecule has 0 amide bonds. The Morgan fingerprint density at radius 2 is 0.961 bits per heavy atom. The number of aromatic nitrogens is 6. The third-order valence-electron chi connectivity index (χ3n) is 8.09. The molecule has 0 saturated heterocycles. The van der Waals surface area contributed by atoms with E-state index < -0.39 is 0 Å². The van der Waals surface area contributed by atoms with Gasteiger partial charge in [0.05, 0.1) is 24.3 Å². The molecule has 0 atom stereocenters. The summed E-state index contributed by atoms with van der Waals surface area (Å²) in [5.41, 5.74) is 7.16. The first-order valence-corrected chi connectivity index (χ1v) is 18.7. The molecule has 2 aliphatic carbocycles. The molecule has 2 aromatic heterocycles. The van der Waals surface area contributed by atoms with E-state index >= 15 is 0 Å². The van der Waals surface area contributed by atoms with Crippen LogP contribution in [0, 0.1) is 0 Å². The maximum Gasteiger partial charge on any atom is 0.233 e. The second-order valence-electron chi connectivity index (χ2n) is 12.0. The van der Waals surface area contributed by atoms with E-state index in [0.29, 0.717) is 51.2 Å². The number of ether oxygens (including phenoxy) is 2. The van der Waals surface area contributed by atoms with Gasteiger partial charge in [-0.15, -0.1) is 0 Å². The fourth-order valence-electron chi connectivity index (χ4n) is 5.52. The highest BCUT2D eigenvalue weighted by molar-refractivity contribution is 6.33. The van der Waals surface area contributed by atoms with E-state index in [-0.39, 0.29) is 21.8 Å². The molecular formula is C34H43Cl5N10O2. The van der Waals surface area contributed by atoms with Crippen LogP contribution in [0.25, 0.3) is 0 Å². The van der Waals surface area contributed by atoms with Crippen molar-refractivity contribution in [3.05, 3.63) is 62.3 Å². The zero-order valence-corrected chi connectivity index (χ0v) is 32.4. The Bertz CT molecular complexity index is 1650. The minimum atomic E-state index is 0.0112. The molecule has 12 nitrogen and oxygen atoms in total. The number of nitrogens with two attached hydrogens (primary N) is 1. The summed E-state index contributed by atoms with van der Waals surface area (Å²) in [5.74, 6) is 2.29. The van der Waals surface area contributed by atoms with E-state index in [2.05, 4.69) is 45.9 Å². The molecule has 2 aliphatic rings. The van der Waals surface area contributed by atoms with Crippen LogP contribution in [0.15, 0.2) is 36.4 Å². The fraction of sp³-hybridized carbons (Fsp3) is 0.471. The van der Waals surface area contributed by atoms with Crippen LogP contribution in [-0.2, 0) is 0 Å². The maximum atomic E-state index is 6.15. The third-order valence-corrected chi connectivity index (χ3v) is 9.19. The second kappa shape index (κ2) is 21.4. The molecule has 51 heavy (non-hydrogen) atoms. The van der Waals surface area contributed by atoms with Gasteiger partial charge in [-0.1, -0.05) is 74.6 Å². The average Bonchev–Trinajstić information content (AvgIpc) is 3.49. The van der Waals surface area contributed by atoms with Crippen molar-refractivity contribution >= 4 is 87.2 Å². The van der Waals surface area contributed by atoms with Crippen LogP contribution in [0.1, 0.15) is 77.0 Å². The van der Waals surface area contributed by atoms with E-state index in [1.54, 1.807) is 44.6 Å². The van der Waals surface area contributed by atoms with Crippen molar-refractivity contribution in [2.24, 2.45) is 5.73 Å². The van der Waals surface area contributed by atoms with E-state index in [0.717, 1.165) is 18.5 Å². The summed E-state index contributed by atoms with van der Waals surface area (Å²) in [7, 11) is 3.12. The Balaban J connectivity index is 0.000000194. The lowest BCUT2D eigenvalue weighted by molar-refractivity contribution is 0.415. The number of nitrogens with zero attached hydrogens (tertiary/aromatic N) is 6. The molecule has 0 bridgehead atoms. The molecule has 0 aliphatic heterocycles. The van der Waals surface area contributed by atoms with Crippen LogP contribution in [0.2, 0.25) is 25.9 Å². The zero-order chi connectivity index (χ0) is 36.6. The summed E-state index contributed by atoms with van der Waals surface area (Å²) in [5, 5.41) is 10.5. The lowest BCUT2D eigenvalue weighted by Gasteiger charge is -2.16. The number of halogens is 5. The van der Waals surface area contributed by atoms with E-state index in [4.69, 9.17) is 73.2 Å². The molecule has 0 unspecified atom stereocenters. The molecule has 276 valence electrons. The van der Waals surface area contributed by atoms with Crippen molar-refractivity contribution in [1.29, 1.82) is 0 Å². The Hall–Kier alpha value is -3.13. The largest absolute Gasteiger partial charge is 0.495 e. The highest BCUT2D eigenvalue weighted by atomic mass is 35.5. The van der Waals surface area contributed by atoms with Gasteiger partial charge in [-0.2, -0.15) is 29.9 Å². The van der Waals surface area contributed by atoms with Crippen molar-refractivity contribution in [2.45, 2.75) is 89.1 Å². The Morgan fingerprint density at radius 1 is 0.549 bits per heavy atom. The minimum Gasteiger partial charge on any atom is -0.495 e. The van der Waals surface area contributed by atoms with Crippen molar-refractivity contribution in [3.8, 4) is 11.5 Å². The van der Waals surface area contributed by atoms with Crippen LogP contribution in [0.4, 0.5) is 29.2 Å². The number of benzene rings is 2. The molecule has 2 saturated carbocycles. The molecule has 2 fully saturated rings. The van der Waals surface area contributed by atoms with E-state index in [1.807, 2.05) is 6.07 Å². The number of hydrogen-bond acceptors (Lipinski definition) is 12. The molecule has 2 heterocycles. The normalized spacial score (nSPS) is 15.1. The Kier molecular flexibility index (Phi) is 17.1. The van der Waals surface area contributed by atoms with Crippen LogP contribution in [0.3, 0.4) is 0 Å². The summed E-state index contributed by atoms with van der Waals surface area (Å²) < 4.78 is 10.2. The molecule has 5 N–H and O–H groups in total. The first-order valence-electron chi connectivity index (χ1n) is 16.8. The van der Waals surface area contributed by atoms with Gasteiger partial charge in [0.25, 0.3) is 0 Å². The van der Waals surface area contributed by atoms with Gasteiger partial charge in [0.15, 0.2) is 0 Å². The smallest absolute Gasteiger partial charge is 0.233 e. The molecular weight excluding hydrogens is 758 g/mol. The molecule has 0 radical (unpaired) electrons. The topological polar surface area (TPSA) is 158 Å². The number of anilines is 5. The predicted octanol–water partition coefficient (Wildman–Crippen LogP) is 10.3. The quantitative estimate of drug-likeness (QED) is 0.125. The standard InChI is InChI=1S/C17H21Cl2N5O.C10H7Cl3N4O.C7H15N/c1-25-14-9-8-12(10-13(14)18)21-17-23-15(19)22-16(24-17)20-11-6-4-2-3-5-7-11;1-18-7-3-2-5(4-6(7)11)14-10-16-8(12)15-9(13)17-10;8-7-5-3-1-2-4-6-7/h8-11H,2-7H2,1H3,(H2,20,21,22,23,24);2-4H,1H3,(H,14,15,16,17);7H,1-6,8H2. The van der Waals surface area contributed by atoms with Crippen LogP contribution >= 0.6 is 58.0 Å². The first kappa shape index (κ1) is 40.6. The van der Waals surface area contributed by atoms with Gasteiger partial charge in [0.1, 0.15) is 11.5 Å². The highest BCUT2D eigenvalue weighted by Crippen LogP contribution is 2.30. The number of nitrogens with one attached hydrogen (secondary N) is 3. The van der Waals surface area contributed by atoms with Crippen molar-refractivity contribution in [1.82, 2.24) is 29.9 Å². The molecule has 2 aromatic carbocycles. The summed E-state index contributed by atoms with van der Waals surface area (Å²) in [6, 6.07) is 11.4. The summed E-state index contributed by atoms with van der Waals surface area (Å²) in [4.78, 5) is 24.1. The van der Waals surface area contributed by atoms with Gasteiger partial charge in [-0.05, 0) is 96.9 Å². The third kappa shape index (κ3) is 14.4. The number of rotatable bonds is 8. The molecule has 17 heteroatoms. The van der Waals surface area contributed by atoms with E-state index in [1.165, 1.54) is 64.2 Å². The van der Waals surface area contributed by atoms with Gasteiger partial charge in [-0.25, -0.2) is 0 Å². The van der Waals surface area contributed by atoms with Gasteiger partial charge in [-0.3, -0.25) is 0 Å². The summed E-state index contributed by atoms with van der Waals surface area (Å²) in [6.45, 7) is 0. The van der Waals surface area contributed by atoms with Crippen molar-refractivity contribution < 1.29 is 9.47 Å².